The Morgan fingerprint density at radius 3 is 2.38 bits per heavy atom. The van der Waals surface area contributed by atoms with Crippen LogP contribution in [0, 0.1) is 0 Å². The van der Waals surface area contributed by atoms with E-state index in [1.54, 1.807) is 12.4 Å². The Hall–Kier alpha value is -2.80. The van der Waals surface area contributed by atoms with Gasteiger partial charge in [-0.25, -0.2) is 4.79 Å². The van der Waals surface area contributed by atoms with Crippen molar-refractivity contribution >= 4 is 28.2 Å². The van der Waals surface area contributed by atoms with Crippen LogP contribution in [0.15, 0.2) is 48.8 Å². The maximum atomic E-state index is 12.1. The molecule has 0 aliphatic heterocycles. The van der Waals surface area contributed by atoms with Gasteiger partial charge in [-0.1, -0.05) is 37.3 Å². The third kappa shape index (κ3) is 3.94. The summed E-state index contributed by atoms with van der Waals surface area (Å²) >= 11 is 1.31. The van der Waals surface area contributed by atoms with E-state index in [1.165, 1.54) is 16.9 Å². The molecule has 3 rings (SSSR count). The van der Waals surface area contributed by atoms with E-state index in [0.717, 1.165) is 16.3 Å². The van der Waals surface area contributed by atoms with Crippen LogP contribution in [0.4, 0.5) is 15.6 Å². The summed E-state index contributed by atoms with van der Waals surface area (Å²) in [6.07, 6.45) is 3.38. The summed E-state index contributed by atoms with van der Waals surface area (Å²) in [6.45, 7) is 4.26. The Morgan fingerprint density at radius 1 is 1.00 bits per heavy atom. The van der Waals surface area contributed by atoms with Crippen LogP contribution in [0.5, 0.6) is 0 Å². The summed E-state index contributed by atoms with van der Waals surface area (Å²) in [7, 11) is 0. The summed E-state index contributed by atoms with van der Waals surface area (Å²) in [5.41, 5.74) is 2.88. The van der Waals surface area contributed by atoms with E-state index in [0.29, 0.717) is 11.0 Å². The molecule has 0 radical (unpaired) electrons. The predicted molar refractivity (Wildman–Crippen MR) is 96.3 cm³/mol. The number of hydrogen-bond acceptors (Lipinski definition) is 5. The van der Waals surface area contributed by atoms with Crippen molar-refractivity contribution in [2.45, 2.75) is 19.8 Å². The lowest BCUT2D eigenvalue weighted by Gasteiger charge is -2.08. The number of amides is 2. The number of aromatic nitrogens is 3. The third-order valence-electron chi connectivity index (χ3n) is 3.41. The highest BCUT2D eigenvalue weighted by Crippen LogP contribution is 2.25. The summed E-state index contributed by atoms with van der Waals surface area (Å²) in [4.78, 5) is 16.0. The Kier molecular flexibility index (Phi) is 4.81. The quantitative estimate of drug-likeness (QED) is 0.740. The van der Waals surface area contributed by atoms with Crippen molar-refractivity contribution in [3.05, 3.63) is 54.4 Å². The Morgan fingerprint density at radius 2 is 1.71 bits per heavy atom. The van der Waals surface area contributed by atoms with Gasteiger partial charge in [0, 0.05) is 23.6 Å². The molecule has 0 unspecified atom stereocenters. The van der Waals surface area contributed by atoms with Crippen molar-refractivity contribution in [1.82, 2.24) is 15.2 Å². The van der Waals surface area contributed by atoms with Crippen molar-refractivity contribution in [2.24, 2.45) is 0 Å². The predicted octanol–water partition coefficient (Wildman–Crippen LogP) is 4.37. The zero-order valence-corrected chi connectivity index (χ0v) is 14.2. The Balaban J connectivity index is 1.62. The van der Waals surface area contributed by atoms with E-state index in [1.807, 2.05) is 36.4 Å². The van der Waals surface area contributed by atoms with E-state index in [-0.39, 0.29) is 6.03 Å². The number of anilines is 2. The second-order valence-electron chi connectivity index (χ2n) is 5.50. The standard InChI is InChI=1S/C17H17N5OS/c1-11(2)12-3-5-14(6-4-12)19-16(23)20-17-22-21-15(24-17)13-7-9-18-10-8-13/h3-11H,1-2H3,(H2,19,20,22,23). The van der Waals surface area contributed by atoms with Crippen molar-refractivity contribution in [2.75, 3.05) is 10.6 Å². The summed E-state index contributed by atoms with van der Waals surface area (Å²) in [5, 5.41) is 14.7. The number of benzene rings is 1. The molecule has 0 aliphatic carbocycles. The van der Waals surface area contributed by atoms with Gasteiger partial charge in [-0.3, -0.25) is 10.3 Å². The van der Waals surface area contributed by atoms with Gasteiger partial charge in [0.25, 0.3) is 0 Å². The largest absolute Gasteiger partial charge is 0.325 e. The van der Waals surface area contributed by atoms with Crippen LogP contribution < -0.4 is 10.6 Å². The molecule has 2 amide bonds. The average molecular weight is 339 g/mol. The second-order valence-corrected chi connectivity index (χ2v) is 6.48. The van der Waals surface area contributed by atoms with Crippen molar-refractivity contribution in [1.29, 1.82) is 0 Å². The van der Waals surface area contributed by atoms with Gasteiger partial charge in [0.05, 0.1) is 0 Å². The highest BCUT2D eigenvalue weighted by Gasteiger charge is 2.10. The van der Waals surface area contributed by atoms with Crippen molar-refractivity contribution < 1.29 is 4.79 Å². The number of nitrogens with one attached hydrogen (secondary N) is 2. The molecule has 1 aromatic carbocycles. The maximum Gasteiger partial charge on any atom is 0.325 e. The molecule has 0 bridgehead atoms. The van der Waals surface area contributed by atoms with E-state index in [2.05, 4.69) is 39.7 Å². The van der Waals surface area contributed by atoms with Gasteiger partial charge in [-0.15, -0.1) is 10.2 Å². The van der Waals surface area contributed by atoms with E-state index >= 15 is 0 Å². The smallest absolute Gasteiger partial charge is 0.308 e. The maximum absolute atomic E-state index is 12.1. The van der Waals surface area contributed by atoms with E-state index in [4.69, 9.17) is 0 Å². The minimum atomic E-state index is -0.343. The molecular weight excluding hydrogens is 322 g/mol. The van der Waals surface area contributed by atoms with Crippen LogP contribution in [-0.4, -0.2) is 21.2 Å². The van der Waals surface area contributed by atoms with Gasteiger partial charge in [-0.05, 0) is 35.7 Å². The van der Waals surface area contributed by atoms with E-state index < -0.39 is 0 Å². The number of pyridine rings is 1. The molecule has 2 heterocycles. The molecule has 0 saturated heterocycles. The summed E-state index contributed by atoms with van der Waals surface area (Å²) < 4.78 is 0. The second kappa shape index (κ2) is 7.18. The number of nitrogens with zero attached hydrogens (tertiary/aromatic N) is 3. The number of hydrogen-bond donors (Lipinski definition) is 2. The third-order valence-corrected chi connectivity index (χ3v) is 4.30. The summed E-state index contributed by atoms with van der Waals surface area (Å²) in [5.74, 6) is 0.459. The first-order chi connectivity index (χ1) is 11.6. The van der Waals surface area contributed by atoms with Crippen LogP contribution in [-0.2, 0) is 0 Å². The Labute approximate surface area is 144 Å². The van der Waals surface area contributed by atoms with Crippen molar-refractivity contribution in [3.8, 4) is 10.6 Å². The number of carbonyl (C=O) groups excluding carboxylic acids is 1. The fourth-order valence-corrected chi connectivity index (χ4v) is 2.84. The molecule has 0 saturated carbocycles. The lowest BCUT2D eigenvalue weighted by Crippen LogP contribution is -2.19. The monoisotopic (exact) mass is 339 g/mol. The highest BCUT2D eigenvalue weighted by molar-refractivity contribution is 7.18. The molecule has 0 spiro atoms. The molecule has 0 atom stereocenters. The van der Waals surface area contributed by atoms with E-state index in [9.17, 15) is 4.79 Å². The highest BCUT2D eigenvalue weighted by atomic mass is 32.1. The van der Waals surface area contributed by atoms with Crippen LogP contribution in [0.3, 0.4) is 0 Å². The zero-order chi connectivity index (χ0) is 16.9. The van der Waals surface area contributed by atoms with Gasteiger partial charge < -0.3 is 5.32 Å². The molecule has 7 heteroatoms. The van der Waals surface area contributed by atoms with Crippen LogP contribution >= 0.6 is 11.3 Å². The topological polar surface area (TPSA) is 79.8 Å². The Bertz CT molecular complexity index is 815. The zero-order valence-electron chi connectivity index (χ0n) is 13.4. The number of carbonyl (C=O) groups is 1. The van der Waals surface area contributed by atoms with Crippen LogP contribution in [0.25, 0.3) is 10.6 Å². The first-order valence-electron chi connectivity index (χ1n) is 7.53. The molecule has 2 aromatic heterocycles. The van der Waals surface area contributed by atoms with Crippen LogP contribution in [0.2, 0.25) is 0 Å². The van der Waals surface area contributed by atoms with Gasteiger partial charge in [-0.2, -0.15) is 0 Å². The molecular formula is C17H17N5OS. The van der Waals surface area contributed by atoms with Gasteiger partial charge >= 0.3 is 6.03 Å². The lowest BCUT2D eigenvalue weighted by atomic mass is 10.0. The fraction of sp³-hybridized carbons (Fsp3) is 0.176. The number of rotatable bonds is 4. The fourth-order valence-electron chi connectivity index (χ4n) is 2.10. The molecule has 0 aliphatic rings. The normalized spacial score (nSPS) is 10.6. The first-order valence-corrected chi connectivity index (χ1v) is 8.35. The lowest BCUT2D eigenvalue weighted by molar-refractivity contribution is 0.262. The molecule has 0 fully saturated rings. The first kappa shape index (κ1) is 16.1. The summed E-state index contributed by atoms with van der Waals surface area (Å²) in [6, 6.07) is 11.1. The SMILES string of the molecule is CC(C)c1ccc(NC(=O)Nc2nnc(-c3ccncc3)s2)cc1. The molecule has 24 heavy (non-hydrogen) atoms. The van der Waals surface area contributed by atoms with Gasteiger partial charge in [0.2, 0.25) is 5.13 Å². The molecule has 6 nitrogen and oxygen atoms in total. The molecule has 3 aromatic rings. The van der Waals surface area contributed by atoms with Crippen molar-refractivity contribution in [3.63, 3.8) is 0 Å². The van der Waals surface area contributed by atoms with Gasteiger partial charge in [0.1, 0.15) is 5.01 Å². The molecule has 2 N–H and O–H groups in total. The molecule has 122 valence electrons. The minimum Gasteiger partial charge on any atom is -0.308 e. The van der Waals surface area contributed by atoms with Crippen LogP contribution in [0.1, 0.15) is 25.3 Å². The average Bonchev–Trinajstić information content (AvgIpc) is 3.04. The van der Waals surface area contributed by atoms with Gasteiger partial charge in [0.15, 0.2) is 0 Å². The number of urea groups is 1. The minimum absolute atomic E-state index is 0.343.